The summed E-state index contributed by atoms with van der Waals surface area (Å²) in [5.74, 6) is 1.66. The van der Waals surface area contributed by atoms with Gasteiger partial charge < -0.3 is 14.2 Å². The van der Waals surface area contributed by atoms with Gasteiger partial charge in [0.25, 0.3) is 0 Å². The lowest BCUT2D eigenvalue weighted by atomic mass is 10.1. The summed E-state index contributed by atoms with van der Waals surface area (Å²) in [5, 5.41) is 13.7. The fourth-order valence-electron chi connectivity index (χ4n) is 2.29. The van der Waals surface area contributed by atoms with Gasteiger partial charge in [-0.2, -0.15) is 4.98 Å². The molecule has 1 aliphatic carbocycles. The van der Waals surface area contributed by atoms with Crippen molar-refractivity contribution in [2.75, 3.05) is 0 Å². The zero-order valence-corrected chi connectivity index (χ0v) is 9.58. The predicted octanol–water partition coefficient (Wildman–Crippen LogP) is 1.10. The maximum atomic E-state index is 9.79. The van der Waals surface area contributed by atoms with Gasteiger partial charge in [-0.15, -0.1) is 0 Å². The van der Waals surface area contributed by atoms with Gasteiger partial charge in [0, 0.05) is 19.4 Å². The van der Waals surface area contributed by atoms with Gasteiger partial charge in [0.15, 0.2) is 5.82 Å². The third-order valence-corrected chi connectivity index (χ3v) is 3.26. The summed E-state index contributed by atoms with van der Waals surface area (Å²) in [6.45, 7) is 0. The van der Waals surface area contributed by atoms with E-state index in [1.807, 2.05) is 17.8 Å². The number of imidazole rings is 1. The lowest BCUT2D eigenvalue weighted by Crippen LogP contribution is -2.11. The molecule has 0 spiro atoms. The molecule has 0 saturated heterocycles. The third kappa shape index (κ3) is 1.74. The van der Waals surface area contributed by atoms with Crippen molar-refractivity contribution < 1.29 is 9.63 Å². The van der Waals surface area contributed by atoms with Crippen LogP contribution < -0.4 is 0 Å². The zero-order chi connectivity index (χ0) is 11.8. The Balaban J connectivity index is 1.90. The van der Waals surface area contributed by atoms with Crippen LogP contribution in [-0.2, 0) is 7.05 Å². The highest BCUT2D eigenvalue weighted by atomic mass is 16.5. The Bertz CT molecular complexity index is 519. The van der Waals surface area contributed by atoms with Crippen molar-refractivity contribution in [1.82, 2.24) is 19.7 Å². The van der Waals surface area contributed by atoms with Crippen LogP contribution >= 0.6 is 0 Å². The molecule has 2 aromatic heterocycles. The van der Waals surface area contributed by atoms with E-state index >= 15 is 0 Å². The Labute approximate surface area is 98.3 Å². The average molecular weight is 234 g/mol. The van der Waals surface area contributed by atoms with Crippen molar-refractivity contribution in [2.45, 2.75) is 31.3 Å². The van der Waals surface area contributed by atoms with Crippen LogP contribution in [-0.4, -0.2) is 30.9 Å². The summed E-state index contributed by atoms with van der Waals surface area (Å²) < 4.78 is 7.06. The number of nitrogens with zero attached hydrogens (tertiary/aromatic N) is 4. The van der Waals surface area contributed by atoms with E-state index in [0.29, 0.717) is 17.5 Å². The molecule has 0 aliphatic heterocycles. The number of hydrogen-bond donors (Lipinski definition) is 1. The SMILES string of the molecule is Cn1ccnc1-c1noc(C2CCCC2O)n1. The Hall–Kier alpha value is -1.69. The topological polar surface area (TPSA) is 77.0 Å². The van der Waals surface area contributed by atoms with Crippen molar-refractivity contribution >= 4 is 0 Å². The van der Waals surface area contributed by atoms with Gasteiger partial charge in [-0.25, -0.2) is 4.98 Å². The minimum atomic E-state index is -0.357. The van der Waals surface area contributed by atoms with E-state index in [0.717, 1.165) is 19.3 Å². The van der Waals surface area contributed by atoms with Crippen LogP contribution in [0.1, 0.15) is 31.1 Å². The molecule has 3 rings (SSSR count). The second kappa shape index (κ2) is 3.96. The summed E-state index contributed by atoms with van der Waals surface area (Å²) in [6, 6.07) is 0. The quantitative estimate of drug-likeness (QED) is 0.841. The number of hydrogen-bond acceptors (Lipinski definition) is 5. The van der Waals surface area contributed by atoms with Crippen molar-refractivity contribution in [3.05, 3.63) is 18.3 Å². The van der Waals surface area contributed by atoms with Crippen molar-refractivity contribution in [3.8, 4) is 11.6 Å². The molecule has 1 N–H and O–H groups in total. The average Bonchev–Trinajstić information content (AvgIpc) is 2.97. The molecule has 1 fully saturated rings. The second-order valence-electron chi connectivity index (χ2n) is 4.42. The lowest BCUT2D eigenvalue weighted by Gasteiger charge is -2.07. The number of aromatic nitrogens is 4. The summed E-state index contributed by atoms with van der Waals surface area (Å²) in [6.07, 6.45) is 5.88. The number of aliphatic hydroxyl groups is 1. The first-order valence-corrected chi connectivity index (χ1v) is 5.75. The molecule has 6 heteroatoms. The Morgan fingerprint density at radius 3 is 3.00 bits per heavy atom. The van der Waals surface area contributed by atoms with Gasteiger partial charge >= 0.3 is 0 Å². The molecule has 0 radical (unpaired) electrons. The van der Waals surface area contributed by atoms with Crippen LogP contribution in [0.2, 0.25) is 0 Å². The maximum Gasteiger partial charge on any atom is 0.238 e. The van der Waals surface area contributed by atoms with Crippen molar-refractivity contribution in [2.24, 2.45) is 7.05 Å². The standard InChI is InChI=1S/C11H14N4O2/c1-15-6-5-12-10(15)9-13-11(17-14-9)7-3-2-4-8(7)16/h5-8,16H,2-4H2,1H3. The molecular weight excluding hydrogens is 220 g/mol. The fourth-order valence-corrected chi connectivity index (χ4v) is 2.29. The van der Waals surface area contributed by atoms with Crippen LogP contribution in [0.3, 0.4) is 0 Å². The highest BCUT2D eigenvalue weighted by Crippen LogP contribution is 2.34. The minimum Gasteiger partial charge on any atom is -0.392 e. The highest BCUT2D eigenvalue weighted by Gasteiger charge is 2.31. The molecule has 0 bridgehead atoms. The van der Waals surface area contributed by atoms with E-state index < -0.39 is 0 Å². The Morgan fingerprint density at radius 2 is 2.35 bits per heavy atom. The molecule has 17 heavy (non-hydrogen) atoms. The van der Waals surface area contributed by atoms with Gasteiger partial charge in [-0.1, -0.05) is 5.16 Å². The fraction of sp³-hybridized carbons (Fsp3) is 0.545. The van der Waals surface area contributed by atoms with Crippen molar-refractivity contribution in [1.29, 1.82) is 0 Å². The van der Waals surface area contributed by atoms with Crippen LogP contribution in [0.15, 0.2) is 16.9 Å². The minimum absolute atomic E-state index is 0.0171. The largest absolute Gasteiger partial charge is 0.392 e. The van der Waals surface area contributed by atoms with Crippen LogP contribution in [0.5, 0.6) is 0 Å². The first-order chi connectivity index (χ1) is 8.25. The van der Waals surface area contributed by atoms with Crippen LogP contribution in [0.25, 0.3) is 11.6 Å². The summed E-state index contributed by atoms with van der Waals surface area (Å²) in [5.41, 5.74) is 0. The summed E-state index contributed by atoms with van der Waals surface area (Å²) >= 11 is 0. The first-order valence-electron chi connectivity index (χ1n) is 5.75. The van der Waals surface area contributed by atoms with Gasteiger partial charge in [0.1, 0.15) is 0 Å². The van der Waals surface area contributed by atoms with Gasteiger partial charge in [-0.05, 0) is 19.3 Å². The van der Waals surface area contributed by atoms with Crippen LogP contribution in [0, 0.1) is 0 Å². The van der Waals surface area contributed by atoms with E-state index in [9.17, 15) is 5.11 Å². The maximum absolute atomic E-state index is 9.79. The van der Waals surface area contributed by atoms with E-state index in [2.05, 4.69) is 15.1 Å². The van der Waals surface area contributed by atoms with E-state index in [-0.39, 0.29) is 12.0 Å². The molecule has 90 valence electrons. The summed E-state index contributed by atoms with van der Waals surface area (Å²) in [7, 11) is 1.88. The monoisotopic (exact) mass is 234 g/mol. The van der Waals surface area contributed by atoms with Gasteiger partial charge in [0.2, 0.25) is 11.7 Å². The summed E-state index contributed by atoms with van der Waals surface area (Å²) in [4.78, 5) is 8.49. The van der Waals surface area contributed by atoms with Gasteiger partial charge in [0.05, 0.1) is 12.0 Å². The predicted molar refractivity (Wildman–Crippen MR) is 59.1 cm³/mol. The molecule has 1 saturated carbocycles. The number of rotatable bonds is 2. The molecule has 2 unspecified atom stereocenters. The van der Waals surface area contributed by atoms with Crippen LogP contribution in [0.4, 0.5) is 0 Å². The zero-order valence-electron chi connectivity index (χ0n) is 9.58. The normalized spacial score (nSPS) is 24.4. The Kier molecular flexibility index (Phi) is 2.44. The lowest BCUT2D eigenvalue weighted by molar-refractivity contribution is 0.148. The molecular formula is C11H14N4O2. The van der Waals surface area contributed by atoms with Gasteiger partial charge in [-0.3, -0.25) is 0 Å². The number of aliphatic hydroxyl groups excluding tert-OH is 1. The van der Waals surface area contributed by atoms with E-state index in [1.54, 1.807) is 6.20 Å². The molecule has 0 amide bonds. The molecule has 0 aromatic carbocycles. The molecule has 2 aromatic rings. The second-order valence-corrected chi connectivity index (χ2v) is 4.42. The van der Waals surface area contributed by atoms with E-state index in [4.69, 9.17) is 4.52 Å². The molecule has 2 heterocycles. The third-order valence-electron chi connectivity index (χ3n) is 3.26. The Morgan fingerprint density at radius 1 is 1.47 bits per heavy atom. The number of aryl methyl sites for hydroxylation is 1. The van der Waals surface area contributed by atoms with E-state index in [1.165, 1.54) is 0 Å². The first kappa shape index (κ1) is 10.5. The smallest absolute Gasteiger partial charge is 0.238 e. The molecule has 1 aliphatic rings. The molecule has 2 atom stereocenters. The highest BCUT2D eigenvalue weighted by molar-refractivity contribution is 5.42. The molecule has 6 nitrogen and oxygen atoms in total. The van der Waals surface area contributed by atoms with Crippen molar-refractivity contribution in [3.63, 3.8) is 0 Å².